The number of nitrogens with zero attached hydrogens (tertiary/aromatic N) is 1. The highest BCUT2D eigenvalue weighted by Gasteiger charge is 2.31. The van der Waals surface area contributed by atoms with Crippen LogP contribution in [0.15, 0.2) is 42.5 Å². The lowest BCUT2D eigenvalue weighted by atomic mass is 10.1. The SMILES string of the molecule is CC[C@@H](C(=O)NC1CCCC1)N(Cc1ccc(Cl)cc1)C(=O)COc1cc(OC)cc(OC)c1. The summed E-state index contributed by atoms with van der Waals surface area (Å²) in [6.07, 6.45) is 4.69. The zero-order valence-corrected chi connectivity index (χ0v) is 20.8. The van der Waals surface area contributed by atoms with Crippen molar-refractivity contribution in [3.8, 4) is 17.2 Å². The van der Waals surface area contributed by atoms with E-state index in [9.17, 15) is 9.59 Å². The van der Waals surface area contributed by atoms with Gasteiger partial charge in [-0.15, -0.1) is 0 Å². The summed E-state index contributed by atoms with van der Waals surface area (Å²) in [7, 11) is 3.10. The number of benzene rings is 2. The average molecular weight is 489 g/mol. The fourth-order valence-corrected chi connectivity index (χ4v) is 4.29. The summed E-state index contributed by atoms with van der Waals surface area (Å²) in [6, 6.07) is 11.9. The van der Waals surface area contributed by atoms with Gasteiger partial charge in [-0.3, -0.25) is 9.59 Å². The maximum Gasteiger partial charge on any atom is 0.261 e. The van der Waals surface area contributed by atoms with E-state index in [1.165, 1.54) is 0 Å². The Morgan fingerprint density at radius 1 is 1.03 bits per heavy atom. The number of rotatable bonds is 11. The molecule has 2 amide bonds. The van der Waals surface area contributed by atoms with E-state index in [0.29, 0.717) is 28.7 Å². The molecule has 0 heterocycles. The maximum absolute atomic E-state index is 13.4. The van der Waals surface area contributed by atoms with Crippen molar-refractivity contribution in [3.05, 3.63) is 53.1 Å². The van der Waals surface area contributed by atoms with Crippen LogP contribution in [0.3, 0.4) is 0 Å². The number of carbonyl (C=O) groups is 2. The van der Waals surface area contributed by atoms with Gasteiger partial charge in [0.15, 0.2) is 6.61 Å². The van der Waals surface area contributed by atoms with Crippen molar-refractivity contribution in [2.45, 2.75) is 57.7 Å². The van der Waals surface area contributed by atoms with E-state index in [1.54, 1.807) is 49.5 Å². The van der Waals surface area contributed by atoms with Crippen LogP contribution in [0, 0.1) is 0 Å². The summed E-state index contributed by atoms with van der Waals surface area (Å²) in [4.78, 5) is 28.1. The Morgan fingerprint density at radius 3 is 2.18 bits per heavy atom. The third kappa shape index (κ3) is 7.03. The van der Waals surface area contributed by atoms with Crippen LogP contribution >= 0.6 is 11.6 Å². The van der Waals surface area contributed by atoms with Crippen LogP contribution in [0.25, 0.3) is 0 Å². The first-order chi connectivity index (χ1) is 16.4. The zero-order valence-electron chi connectivity index (χ0n) is 20.0. The van der Waals surface area contributed by atoms with Gasteiger partial charge >= 0.3 is 0 Å². The highest BCUT2D eigenvalue weighted by Crippen LogP contribution is 2.27. The average Bonchev–Trinajstić information content (AvgIpc) is 3.36. The normalized spacial score (nSPS) is 14.4. The smallest absolute Gasteiger partial charge is 0.261 e. The van der Waals surface area contributed by atoms with Gasteiger partial charge in [0.05, 0.1) is 14.2 Å². The molecule has 1 aliphatic rings. The lowest BCUT2D eigenvalue weighted by Gasteiger charge is -2.31. The molecule has 2 aromatic carbocycles. The van der Waals surface area contributed by atoms with E-state index in [1.807, 2.05) is 19.1 Å². The Bertz CT molecular complexity index is 938. The van der Waals surface area contributed by atoms with Gasteiger partial charge in [-0.2, -0.15) is 0 Å². The van der Waals surface area contributed by atoms with E-state index >= 15 is 0 Å². The Morgan fingerprint density at radius 2 is 1.62 bits per heavy atom. The van der Waals surface area contributed by atoms with Gasteiger partial charge in [-0.1, -0.05) is 43.5 Å². The third-order valence-electron chi connectivity index (χ3n) is 6.04. The van der Waals surface area contributed by atoms with Gasteiger partial charge in [0.2, 0.25) is 5.91 Å². The number of methoxy groups -OCH3 is 2. The van der Waals surface area contributed by atoms with Gasteiger partial charge in [0, 0.05) is 35.8 Å². The zero-order chi connectivity index (χ0) is 24.5. The van der Waals surface area contributed by atoms with Crippen LogP contribution in [-0.4, -0.2) is 49.6 Å². The molecule has 0 saturated heterocycles. The molecule has 0 bridgehead atoms. The molecule has 1 fully saturated rings. The summed E-state index contributed by atoms with van der Waals surface area (Å²) in [5, 5.41) is 3.75. The van der Waals surface area contributed by atoms with Crippen LogP contribution in [0.1, 0.15) is 44.6 Å². The molecule has 7 nitrogen and oxygen atoms in total. The summed E-state index contributed by atoms with van der Waals surface area (Å²) >= 11 is 6.03. The van der Waals surface area contributed by atoms with Crippen LogP contribution in [-0.2, 0) is 16.1 Å². The largest absolute Gasteiger partial charge is 0.496 e. The van der Waals surface area contributed by atoms with Gasteiger partial charge in [0.1, 0.15) is 23.3 Å². The molecule has 0 unspecified atom stereocenters. The van der Waals surface area contributed by atoms with Gasteiger partial charge in [0.25, 0.3) is 5.91 Å². The van der Waals surface area contributed by atoms with E-state index < -0.39 is 6.04 Å². The van der Waals surface area contributed by atoms with E-state index in [-0.39, 0.29) is 31.0 Å². The van der Waals surface area contributed by atoms with Crippen molar-refractivity contribution in [1.82, 2.24) is 10.2 Å². The molecule has 0 aliphatic heterocycles. The molecular formula is C26H33ClN2O5. The van der Waals surface area contributed by atoms with Crippen LogP contribution < -0.4 is 19.5 Å². The number of hydrogen-bond acceptors (Lipinski definition) is 5. The molecule has 1 N–H and O–H groups in total. The monoisotopic (exact) mass is 488 g/mol. The highest BCUT2D eigenvalue weighted by molar-refractivity contribution is 6.30. The van der Waals surface area contributed by atoms with Gasteiger partial charge in [-0.25, -0.2) is 0 Å². The van der Waals surface area contributed by atoms with Crippen LogP contribution in [0.4, 0.5) is 0 Å². The standard InChI is InChI=1S/C26H33ClN2O5/c1-4-24(26(31)28-20-7-5-6-8-20)29(16-18-9-11-19(27)12-10-18)25(30)17-34-23-14-21(32-2)13-22(15-23)33-3/h9-15,20,24H,4-8,16-17H2,1-3H3,(H,28,31)/t24-/m0/s1. The number of halogens is 1. The maximum atomic E-state index is 13.4. The lowest BCUT2D eigenvalue weighted by molar-refractivity contribution is -0.143. The fourth-order valence-electron chi connectivity index (χ4n) is 4.17. The lowest BCUT2D eigenvalue weighted by Crippen LogP contribution is -2.52. The minimum Gasteiger partial charge on any atom is -0.496 e. The predicted octanol–water partition coefficient (Wildman–Crippen LogP) is 4.60. The number of carbonyl (C=O) groups excluding carboxylic acids is 2. The molecule has 0 radical (unpaired) electrons. The van der Waals surface area contributed by atoms with Crippen molar-refractivity contribution in [3.63, 3.8) is 0 Å². The molecule has 0 aromatic heterocycles. The number of nitrogens with one attached hydrogen (secondary N) is 1. The minimum atomic E-state index is -0.604. The topological polar surface area (TPSA) is 77.1 Å². The molecule has 34 heavy (non-hydrogen) atoms. The molecule has 1 saturated carbocycles. The van der Waals surface area contributed by atoms with E-state index in [4.69, 9.17) is 25.8 Å². The second-order valence-corrected chi connectivity index (χ2v) is 8.84. The molecule has 1 aliphatic carbocycles. The van der Waals surface area contributed by atoms with Gasteiger partial charge < -0.3 is 24.4 Å². The van der Waals surface area contributed by atoms with Gasteiger partial charge in [-0.05, 0) is 37.0 Å². The van der Waals surface area contributed by atoms with Crippen LogP contribution in [0.2, 0.25) is 5.02 Å². The minimum absolute atomic E-state index is 0.125. The predicted molar refractivity (Wildman–Crippen MR) is 132 cm³/mol. The first-order valence-electron chi connectivity index (χ1n) is 11.6. The second kappa shape index (κ2) is 12.5. The fraction of sp³-hybridized carbons (Fsp3) is 0.462. The summed E-state index contributed by atoms with van der Waals surface area (Å²) in [5.74, 6) is 1.15. The molecule has 2 aromatic rings. The second-order valence-electron chi connectivity index (χ2n) is 8.40. The summed E-state index contributed by atoms with van der Waals surface area (Å²) in [5.41, 5.74) is 0.882. The first-order valence-corrected chi connectivity index (χ1v) is 12.0. The summed E-state index contributed by atoms with van der Waals surface area (Å²) in [6.45, 7) is 1.96. The highest BCUT2D eigenvalue weighted by atomic mass is 35.5. The van der Waals surface area contributed by atoms with E-state index in [0.717, 1.165) is 31.2 Å². The van der Waals surface area contributed by atoms with Crippen molar-refractivity contribution in [1.29, 1.82) is 0 Å². The Hall–Kier alpha value is -2.93. The first kappa shape index (κ1) is 25.7. The quantitative estimate of drug-likeness (QED) is 0.500. The molecule has 1 atom stereocenters. The van der Waals surface area contributed by atoms with Crippen LogP contribution in [0.5, 0.6) is 17.2 Å². The molecule has 8 heteroatoms. The number of amides is 2. The number of hydrogen-bond donors (Lipinski definition) is 1. The van der Waals surface area contributed by atoms with Crippen molar-refractivity contribution in [2.24, 2.45) is 0 Å². The summed E-state index contributed by atoms with van der Waals surface area (Å²) < 4.78 is 16.3. The molecule has 184 valence electrons. The van der Waals surface area contributed by atoms with E-state index in [2.05, 4.69) is 5.32 Å². The third-order valence-corrected chi connectivity index (χ3v) is 6.29. The molecule has 3 rings (SSSR count). The number of ether oxygens (including phenoxy) is 3. The Kier molecular flexibility index (Phi) is 9.45. The molecule has 0 spiro atoms. The van der Waals surface area contributed by atoms with Crippen molar-refractivity contribution >= 4 is 23.4 Å². The Labute approximate surface area is 206 Å². The molecular weight excluding hydrogens is 456 g/mol. The van der Waals surface area contributed by atoms with Crippen molar-refractivity contribution < 1.29 is 23.8 Å². The Balaban J connectivity index is 1.77. The van der Waals surface area contributed by atoms with Crippen molar-refractivity contribution in [2.75, 3.05) is 20.8 Å².